The van der Waals surface area contributed by atoms with E-state index in [1.165, 1.54) is 19.1 Å². The lowest BCUT2D eigenvalue weighted by atomic mass is 10.1. The molecule has 0 bridgehead atoms. The van der Waals surface area contributed by atoms with E-state index in [1.807, 2.05) is 0 Å². The summed E-state index contributed by atoms with van der Waals surface area (Å²) in [4.78, 5) is 11.8. The van der Waals surface area contributed by atoms with Gasteiger partial charge in [0, 0.05) is 0 Å². The largest absolute Gasteiger partial charge is 0.448 e. The van der Waals surface area contributed by atoms with Crippen LogP contribution in [0.25, 0.3) is 0 Å². The van der Waals surface area contributed by atoms with Crippen molar-refractivity contribution in [3.05, 3.63) is 34.9 Å². The standard InChI is InChI=1S/C12H13F3O5S/c1-7-3-4-8(2)9(5-7)11(16)20-10(12(13,14)15)6-21(17,18)19/h3-5,10H,6H2,1-2H3,(H,17,18,19). The van der Waals surface area contributed by atoms with Crippen LogP contribution in [0.15, 0.2) is 18.2 Å². The number of rotatable bonds is 4. The van der Waals surface area contributed by atoms with Gasteiger partial charge in [0.2, 0.25) is 6.10 Å². The van der Waals surface area contributed by atoms with Gasteiger partial charge in [0.15, 0.2) is 0 Å². The number of benzene rings is 1. The number of hydrogen-bond donors (Lipinski definition) is 1. The van der Waals surface area contributed by atoms with Crippen LogP contribution < -0.4 is 0 Å². The third-order valence-corrected chi connectivity index (χ3v) is 3.31. The van der Waals surface area contributed by atoms with E-state index in [1.54, 1.807) is 13.0 Å². The number of carbonyl (C=O) groups is 1. The van der Waals surface area contributed by atoms with Gasteiger partial charge < -0.3 is 4.74 Å². The van der Waals surface area contributed by atoms with Crippen LogP contribution in [0.1, 0.15) is 21.5 Å². The van der Waals surface area contributed by atoms with Crippen LogP contribution in [-0.4, -0.2) is 37.0 Å². The Morgan fingerprint density at radius 2 is 1.90 bits per heavy atom. The van der Waals surface area contributed by atoms with Crippen LogP contribution >= 0.6 is 0 Å². The Balaban J connectivity index is 3.03. The second kappa shape index (κ2) is 6.02. The normalized spacial score (nSPS) is 13.8. The molecular formula is C12H13F3O5S. The fourth-order valence-corrected chi connectivity index (χ4v) is 2.17. The van der Waals surface area contributed by atoms with Gasteiger partial charge in [-0.25, -0.2) is 4.79 Å². The molecule has 0 aromatic heterocycles. The Morgan fingerprint density at radius 1 is 1.33 bits per heavy atom. The Kier molecular flexibility index (Phi) is 5.00. The Hall–Kier alpha value is -1.61. The molecule has 0 saturated carbocycles. The highest BCUT2D eigenvalue weighted by atomic mass is 32.2. The second-order valence-corrected chi connectivity index (χ2v) is 6.00. The zero-order valence-corrected chi connectivity index (χ0v) is 12.0. The summed E-state index contributed by atoms with van der Waals surface area (Å²) in [5, 5.41) is 0. The SMILES string of the molecule is Cc1ccc(C)c(C(=O)OC(CS(=O)(=O)O)C(F)(F)F)c1. The molecule has 0 amide bonds. The highest BCUT2D eigenvalue weighted by Crippen LogP contribution is 2.25. The minimum absolute atomic E-state index is 0.0976. The average Bonchev–Trinajstić information content (AvgIpc) is 2.28. The molecule has 0 aliphatic carbocycles. The smallest absolute Gasteiger partial charge is 0.426 e. The van der Waals surface area contributed by atoms with E-state index in [0.29, 0.717) is 11.1 Å². The summed E-state index contributed by atoms with van der Waals surface area (Å²) in [5.74, 6) is -3.05. The van der Waals surface area contributed by atoms with E-state index in [2.05, 4.69) is 4.74 Å². The maximum Gasteiger partial charge on any atom is 0.426 e. The number of halogens is 3. The number of ether oxygens (including phenoxy) is 1. The van der Waals surface area contributed by atoms with Crippen molar-refractivity contribution in [2.75, 3.05) is 5.75 Å². The predicted octanol–water partition coefficient (Wildman–Crippen LogP) is 2.28. The summed E-state index contributed by atoms with van der Waals surface area (Å²) in [6.07, 6.45) is -8.04. The number of carbonyl (C=O) groups excluding carboxylic acids is 1. The first kappa shape index (κ1) is 17.4. The summed E-state index contributed by atoms with van der Waals surface area (Å²) < 4.78 is 71.9. The molecule has 1 unspecified atom stereocenters. The molecule has 1 N–H and O–H groups in total. The first-order valence-corrected chi connectivity index (χ1v) is 7.31. The monoisotopic (exact) mass is 326 g/mol. The van der Waals surface area contributed by atoms with E-state index in [0.717, 1.165) is 0 Å². The van der Waals surface area contributed by atoms with Gasteiger partial charge in [0.25, 0.3) is 10.1 Å². The lowest BCUT2D eigenvalue weighted by Crippen LogP contribution is -2.39. The van der Waals surface area contributed by atoms with Gasteiger partial charge >= 0.3 is 12.1 Å². The molecule has 0 saturated heterocycles. The molecule has 0 aliphatic heterocycles. The highest BCUT2D eigenvalue weighted by Gasteiger charge is 2.45. The fraction of sp³-hybridized carbons (Fsp3) is 0.417. The first-order chi connectivity index (χ1) is 9.40. The molecule has 0 heterocycles. The van der Waals surface area contributed by atoms with Crippen molar-refractivity contribution in [2.45, 2.75) is 26.1 Å². The van der Waals surface area contributed by atoms with Crippen LogP contribution in [-0.2, 0) is 14.9 Å². The molecule has 0 aliphatic rings. The van der Waals surface area contributed by atoms with Gasteiger partial charge in [-0.2, -0.15) is 21.6 Å². The van der Waals surface area contributed by atoms with Crippen molar-refractivity contribution in [1.82, 2.24) is 0 Å². The van der Waals surface area contributed by atoms with Crippen molar-refractivity contribution in [3.8, 4) is 0 Å². The van der Waals surface area contributed by atoms with E-state index in [9.17, 15) is 26.4 Å². The van der Waals surface area contributed by atoms with Crippen LogP contribution in [0, 0.1) is 13.8 Å². The van der Waals surface area contributed by atoms with Crippen molar-refractivity contribution in [2.24, 2.45) is 0 Å². The van der Waals surface area contributed by atoms with E-state index in [4.69, 9.17) is 4.55 Å². The molecule has 1 atom stereocenters. The lowest BCUT2D eigenvalue weighted by molar-refractivity contribution is -0.197. The molecular weight excluding hydrogens is 313 g/mol. The third-order valence-electron chi connectivity index (χ3n) is 2.59. The maximum atomic E-state index is 12.7. The van der Waals surface area contributed by atoms with E-state index in [-0.39, 0.29) is 5.56 Å². The number of alkyl halides is 3. The molecule has 118 valence electrons. The molecule has 0 spiro atoms. The number of aryl methyl sites for hydroxylation is 2. The van der Waals surface area contributed by atoms with Crippen LogP contribution in [0.5, 0.6) is 0 Å². The highest BCUT2D eigenvalue weighted by molar-refractivity contribution is 7.85. The Labute approximate surface area is 119 Å². The van der Waals surface area contributed by atoms with Gasteiger partial charge in [0.05, 0.1) is 5.56 Å². The van der Waals surface area contributed by atoms with Crippen molar-refractivity contribution in [3.63, 3.8) is 0 Å². The van der Waals surface area contributed by atoms with Gasteiger partial charge in [-0.3, -0.25) is 4.55 Å². The number of esters is 1. The summed E-state index contributed by atoms with van der Waals surface area (Å²) in [7, 11) is -4.95. The van der Waals surface area contributed by atoms with Gasteiger partial charge in [-0.05, 0) is 25.5 Å². The molecule has 0 fully saturated rings. The van der Waals surface area contributed by atoms with E-state index >= 15 is 0 Å². The molecule has 21 heavy (non-hydrogen) atoms. The van der Waals surface area contributed by atoms with Crippen molar-refractivity contribution >= 4 is 16.1 Å². The van der Waals surface area contributed by atoms with Gasteiger partial charge in [0.1, 0.15) is 5.75 Å². The summed E-state index contributed by atoms with van der Waals surface area (Å²) in [6, 6.07) is 4.52. The zero-order chi connectivity index (χ0) is 16.4. The Morgan fingerprint density at radius 3 is 2.38 bits per heavy atom. The molecule has 0 radical (unpaired) electrons. The number of hydrogen-bond acceptors (Lipinski definition) is 4. The van der Waals surface area contributed by atoms with Gasteiger partial charge in [-0.15, -0.1) is 0 Å². The third kappa shape index (κ3) is 5.35. The molecule has 1 aromatic rings. The first-order valence-electron chi connectivity index (χ1n) is 5.70. The van der Waals surface area contributed by atoms with Gasteiger partial charge in [-0.1, -0.05) is 17.7 Å². The minimum Gasteiger partial charge on any atom is -0.448 e. The summed E-state index contributed by atoms with van der Waals surface area (Å²) in [6.45, 7) is 3.14. The summed E-state index contributed by atoms with van der Waals surface area (Å²) >= 11 is 0. The van der Waals surface area contributed by atoms with Crippen LogP contribution in [0.4, 0.5) is 13.2 Å². The molecule has 5 nitrogen and oxygen atoms in total. The van der Waals surface area contributed by atoms with Crippen molar-refractivity contribution < 1.29 is 35.7 Å². The fourth-order valence-electron chi connectivity index (χ4n) is 1.54. The Bertz CT molecular complexity index is 637. The zero-order valence-electron chi connectivity index (χ0n) is 11.1. The van der Waals surface area contributed by atoms with Crippen LogP contribution in [0.3, 0.4) is 0 Å². The molecule has 9 heteroatoms. The van der Waals surface area contributed by atoms with Crippen LogP contribution in [0.2, 0.25) is 0 Å². The average molecular weight is 326 g/mol. The topological polar surface area (TPSA) is 80.7 Å². The van der Waals surface area contributed by atoms with E-state index < -0.39 is 34.1 Å². The molecule has 1 rings (SSSR count). The second-order valence-electron chi connectivity index (χ2n) is 4.50. The van der Waals surface area contributed by atoms with Crippen molar-refractivity contribution in [1.29, 1.82) is 0 Å². The summed E-state index contributed by atoms with van der Waals surface area (Å²) in [5.41, 5.74) is 0.920. The minimum atomic E-state index is -5.11. The molecule has 1 aromatic carbocycles. The predicted molar refractivity (Wildman–Crippen MR) is 67.6 cm³/mol. The lowest BCUT2D eigenvalue weighted by Gasteiger charge is -2.20. The maximum absolute atomic E-state index is 12.7. The quantitative estimate of drug-likeness (QED) is 0.678.